The largest absolute Gasteiger partial charge is 0.480 e. The molecule has 39 heavy (non-hydrogen) atoms. The van der Waals surface area contributed by atoms with Crippen LogP contribution in [0, 0.1) is 0 Å². The maximum atomic E-state index is 11.9. The molecule has 0 bridgehead atoms. The lowest BCUT2D eigenvalue weighted by Crippen LogP contribution is -2.44. The molecule has 4 rings (SSSR count). The second-order valence-corrected chi connectivity index (χ2v) is 9.24. The molecule has 3 aromatic rings. The number of hydrogen-bond acceptors (Lipinski definition) is 10. The lowest BCUT2D eigenvalue weighted by atomic mass is 10.0. The summed E-state index contributed by atoms with van der Waals surface area (Å²) in [7, 11) is 1.33. The van der Waals surface area contributed by atoms with E-state index in [1.54, 1.807) is 47.3 Å². The fraction of sp³-hybridized carbons (Fsp3) is 0.333. The molecule has 3 atom stereocenters. The van der Waals surface area contributed by atoms with Crippen LogP contribution in [0.15, 0.2) is 53.6 Å². The molecule has 0 amide bonds. The molecule has 2 aromatic carbocycles. The molecule has 11 nitrogen and oxygen atoms in total. The van der Waals surface area contributed by atoms with Gasteiger partial charge in [-0.05, 0) is 36.8 Å². The summed E-state index contributed by atoms with van der Waals surface area (Å²) >= 11 is 11.3. The summed E-state index contributed by atoms with van der Waals surface area (Å²) in [6, 6.07) is 11.1. The molecular weight excluding hydrogens is 580 g/mol. The van der Waals surface area contributed by atoms with Crippen LogP contribution in [0.3, 0.4) is 0 Å². The van der Waals surface area contributed by atoms with Crippen LogP contribution in [0.2, 0.25) is 10.0 Å². The van der Waals surface area contributed by atoms with Gasteiger partial charge in [-0.1, -0.05) is 40.5 Å². The predicted octanol–water partition coefficient (Wildman–Crippen LogP) is 3.45. The number of rotatable bonds is 6. The Hall–Kier alpha value is -2.78. The number of methoxy groups -OCH3 is 1. The van der Waals surface area contributed by atoms with Crippen LogP contribution in [0.5, 0.6) is 0 Å². The van der Waals surface area contributed by atoms with Gasteiger partial charge in [0, 0.05) is 17.1 Å². The van der Waals surface area contributed by atoms with Crippen LogP contribution < -0.4 is 0 Å². The van der Waals surface area contributed by atoms with E-state index in [4.69, 9.17) is 42.9 Å². The second kappa shape index (κ2) is 16.4. The Bertz CT molecular complexity index is 1220. The van der Waals surface area contributed by atoms with E-state index in [-0.39, 0.29) is 24.8 Å². The van der Waals surface area contributed by atoms with E-state index in [2.05, 4.69) is 15.0 Å². The topological polar surface area (TPSA) is 164 Å². The van der Waals surface area contributed by atoms with Crippen LogP contribution in [0.4, 0.5) is 3.89 Å². The fourth-order valence-corrected chi connectivity index (χ4v) is 3.94. The number of aliphatic carboxylic acids is 1. The van der Waals surface area contributed by atoms with Crippen molar-refractivity contribution >= 4 is 47.3 Å². The molecule has 212 valence electrons. The zero-order valence-electron chi connectivity index (χ0n) is 20.5. The Labute approximate surface area is 237 Å². The molecule has 1 aromatic heterocycles. The summed E-state index contributed by atoms with van der Waals surface area (Å²) in [6.45, 7) is -0.579. The molecule has 1 aliphatic heterocycles. The van der Waals surface area contributed by atoms with Gasteiger partial charge in [-0.2, -0.15) is 3.89 Å². The Balaban J connectivity index is 0.000000293. The highest BCUT2D eigenvalue weighted by atomic mass is 35.5. The van der Waals surface area contributed by atoms with E-state index in [9.17, 15) is 18.9 Å². The standard InChI is InChI=1S/C16H19N3O5.C6H3Cl2FS.C2H4O3/c1-23-16(22)11-4-2-10(3-5-11)12-8-19(18-17-12)13-6-7-24-14(9-20)15(13)21;7-5-2-1-4(10-9)3-6(5)8;3-1-2(4)5/h2-5,8,13-15,20-21H,6-7,9H2,1H3;1-3H;3H,1H2,(H,4,5). The van der Waals surface area contributed by atoms with Crippen molar-refractivity contribution in [2.45, 2.75) is 29.6 Å². The quantitative estimate of drug-likeness (QED) is 0.304. The molecule has 2 heterocycles. The first kappa shape index (κ1) is 32.4. The molecule has 1 saturated heterocycles. The molecule has 0 saturated carbocycles. The number of aliphatic hydroxyl groups excluding tert-OH is 3. The van der Waals surface area contributed by atoms with E-state index in [0.29, 0.717) is 39.2 Å². The minimum absolute atomic E-state index is 0.149. The normalized spacial score (nSPS) is 18.2. The third-order valence-electron chi connectivity index (χ3n) is 5.27. The van der Waals surface area contributed by atoms with Crippen LogP contribution in [-0.2, 0) is 14.3 Å². The summed E-state index contributed by atoms with van der Waals surface area (Å²) in [5.74, 6) is -1.59. The minimum atomic E-state index is -1.19. The average molecular weight is 606 g/mol. The van der Waals surface area contributed by atoms with Crippen molar-refractivity contribution in [3.63, 3.8) is 0 Å². The number of hydrogen-bond donors (Lipinski definition) is 4. The van der Waals surface area contributed by atoms with Gasteiger partial charge in [-0.25, -0.2) is 14.3 Å². The van der Waals surface area contributed by atoms with Gasteiger partial charge in [-0.3, -0.25) is 0 Å². The summed E-state index contributed by atoms with van der Waals surface area (Å²) in [5, 5.41) is 43.5. The van der Waals surface area contributed by atoms with E-state index < -0.39 is 30.8 Å². The van der Waals surface area contributed by atoms with E-state index in [1.165, 1.54) is 13.2 Å². The second-order valence-electron chi connectivity index (χ2n) is 7.80. The first-order chi connectivity index (χ1) is 18.6. The van der Waals surface area contributed by atoms with Crippen molar-refractivity contribution in [2.24, 2.45) is 0 Å². The van der Waals surface area contributed by atoms with Gasteiger partial charge in [-0.15, -0.1) is 5.10 Å². The number of ether oxygens (including phenoxy) is 2. The van der Waals surface area contributed by atoms with Crippen molar-refractivity contribution in [3.8, 4) is 11.3 Å². The maximum Gasteiger partial charge on any atom is 0.337 e. The number of carboxylic acid groups (broad SMARTS) is 1. The van der Waals surface area contributed by atoms with E-state index in [0.717, 1.165) is 5.56 Å². The fourth-order valence-electron chi connectivity index (χ4n) is 3.30. The molecule has 0 spiro atoms. The number of nitrogens with zero attached hydrogens (tertiary/aromatic N) is 3. The third-order valence-corrected chi connectivity index (χ3v) is 6.44. The van der Waals surface area contributed by atoms with Crippen molar-refractivity contribution in [3.05, 3.63) is 64.3 Å². The smallest absolute Gasteiger partial charge is 0.337 e. The van der Waals surface area contributed by atoms with Crippen LogP contribution in [0.25, 0.3) is 11.3 Å². The summed E-state index contributed by atoms with van der Waals surface area (Å²) < 4.78 is 23.4. The zero-order valence-corrected chi connectivity index (χ0v) is 22.8. The number of carbonyl (C=O) groups is 2. The zero-order chi connectivity index (χ0) is 28.9. The van der Waals surface area contributed by atoms with Crippen molar-refractivity contribution < 1.29 is 43.4 Å². The SMILES string of the molecule is COC(=O)c1ccc(-c2cn(C3CCOC(CO)C3O)nn2)cc1.FSc1ccc(Cl)c(Cl)c1.O=C(O)CO. The first-order valence-corrected chi connectivity index (χ1v) is 12.7. The molecule has 0 aliphatic carbocycles. The number of aromatic nitrogens is 3. The highest BCUT2D eigenvalue weighted by Gasteiger charge is 2.34. The summed E-state index contributed by atoms with van der Waals surface area (Å²) in [4.78, 5) is 21.0. The predicted molar refractivity (Wildman–Crippen MR) is 141 cm³/mol. The monoisotopic (exact) mass is 605 g/mol. The summed E-state index contributed by atoms with van der Waals surface area (Å²) in [6.07, 6.45) is 0.860. The lowest BCUT2D eigenvalue weighted by molar-refractivity contribution is -0.140. The van der Waals surface area contributed by atoms with Crippen molar-refractivity contribution in [1.29, 1.82) is 0 Å². The molecule has 3 unspecified atom stereocenters. The van der Waals surface area contributed by atoms with Gasteiger partial charge in [0.25, 0.3) is 0 Å². The number of carbonyl (C=O) groups excluding carboxylic acids is 1. The molecular formula is C24H26Cl2FN3O8S. The van der Waals surface area contributed by atoms with Crippen molar-refractivity contribution in [2.75, 3.05) is 26.9 Å². The lowest BCUT2D eigenvalue weighted by Gasteiger charge is -2.33. The number of esters is 1. The minimum Gasteiger partial charge on any atom is -0.480 e. The average Bonchev–Trinajstić information content (AvgIpc) is 3.45. The van der Waals surface area contributed by atoms with Crippen LogP contribution in [-0.4, -0.2) is 86.5 Å². The Morgan fingerprint density at radius 2 is 1.85 bits per heavy atom. The summed E-state index contributed by atoms with van der Waals surface area (Å²) in [5.41, 5.74) is 1.89. The Kier molecular flexibility index (Phi) is 13.6. The van der Waals surface area contributed by atoms with Gasteiger partial charge < -0.3 is 29.9 Å². The molecule has 0 radical (unpaired) electrons. The number of carboxylic acids is 1. The van der Waals surface area contributed by atoms with Gasteiger partial charge >= 0.3 is 11.9 Å². The Morgan fingerprint density at radius 1 is 1.18 bits per heavy atom. The number of aliphatic hydroxyl groups is 3. The van der Waals surface area contributed by atoms with Gasteiger partial charge in [0.05, 0.1) is 53.7 Å². The van der Waals surface area contributed by atoms with Gasteiger partial charge in [0.1, 0.15) is 24.5 Å². The highest BCUT2D eigenvalue weighted by Crippen LogP contribution is 2.28. The molecule has 1 aliphatic rings. The van der Waals surface area contributed by atoms with E-state index in [1.807, 2.05) is 0 Å². The molecule has 15 heteroatoms. The number of halogens is 3. The molecule has 4 N–H and O–H groups in total. The van der Waals surface area contributed by atoms with Crippen LogP contribution in [0.1, 0.15) is 22.8 Å². The van der Waals surface area contributed by atoms with E-state index >= 15 is 0 Å². The number of benzene rings is 2. The third kappa shape index (κ3) is 9.72. The molecule has 1 fully saturated rings. The van der Waals surface area contributed by atoms with Gasteiger partial charge in [0.15, 0.2) is 0 Å². The van der Waals surface area contributed by atoms with Crippen LogP contribution >= 0.6 is 35.3 Å². The highest BCUT2D eigenvalue weighted by molar-refractivity contribution is 7.94. The maximum absolute atomic E-state index is 11.9. The van der Waals surface area contributed by atoms with Crippen molar-refractivity contribution in [1.82, 2.24) is 15.0 Å². The Morgan fingerprint density at radius 3 is 2.38 bits per heavy atom. The first-order valence-electron chi connectivity index (χ1n) is 11.2. The van der Waals surface area contributed by atoms with Gasteiger partial charge in [0.2, 0.25) is 0 Å².